The van der Waals surface area contributed by atoms with Gasteiger partial charge in [-0.2, -0.15) is 5.26 Å². The third-order valence-corrected chi connectivity index (χ3v) is 5.43. The summed E-state index contributed by atoms with van der Waals surface area (Å²) in [5.74, 6) is 0.300. The van der Waals surface area contributed by atoms with Crippen LogP contribution in [0.3, 0.4) is 0 Å². The molecule has 3 rings (SSSR count). The van der Waals surface area contributed by atoms with Crippen molar-refractivity contribution < 1.29 is 14.3 Å². The Morgan fingerprint density at radius 2 is 1.86 bits per heavy atom. The van der Waals surface area contributed by atoms with E-state index in [4.69, 9.17) is 32.7 Å². The first-order valence-electron chi connectivity index (χ1n) is 9.26. The first-order chi connectivity index (χ1) is 13.8. The van der Waals surface area contributed by atoms with Crippen molar-refractivity contribution in [3.05, 3.63) is 70.7 Å². The van der Waals surface area contributed by atoms with Crippen molar-refractivity contribution in [3.8, 4) is 17.6 Å². The summed E-state index contributed by atoms with van der Waals surface area (Å²) in [4.78, 5) is 12.7. The Hall–Kier alpha value is -2.48. The molecule has 0 radical (unpaired) electrons. The van der Waals surface area contributed by atoms with Crippen molar-refractivity contribution in [2.45, 2.75) is 26.4 Å². The number of hydrogen-bond donors (Lipinski definition) is 0. The molecule has 150 valence electrons. The zero-order valence-electron chi connectivity index (χ0n) is 16.1. The second kappa shape index (κ2) is 8.90. The Morgan fingerprint density at radius 1 is 1.17 bits per heavy atom. The lowest BCUT2D eigenvalue weighted by molar-refractivity contribution is -0.164. The molecule has 1 aliphatic rings. The Bertz CT molecular complexity index is 946. The average molecular weight is 430 g/mol. The average Bonchev–Trinajstić information content (AvgIpc) is 2.69. The number of nitrogens with zero attached hydrogens (tertiary/aromatic N) is 1. The summed E-state index contributed by atoms with van der Waals surface area (Å²) >= 11 is 11.6. The Balaban J connectivity index is 1.72. The molecule has 0 aromatic heterocycles. The summed E-state index contributed by atoms with van der Waals surface area (Å²) in [6, 6.07) is 18.3. The highest BCUT2D eigenvalue weighted by atomic mass is 35.5. The fourth-order valence-electron chi connectivity index (χ4n) is 3.66. The van der Waals surface area contributed by atoms with Gasteiger partial charge in [0.05, 0.1) is 5.92 Å². The summed E-state index contributed by atoms with van der Waals surface area (Å²) in [6.45, 7) is 4.08. The van der Waals surface area contributed by atoms with Crippen LogP contribution in [-0.2, 0) is 9.53 Å². The highest BCUT2D eigenvalue weighted by Crippen LogP contribution is 2.53. The molecule has 3 atom stereocenters. The molecule has 0 aliphatic heterocycles. The zero-order valence-corrected chi connectivity index (χ0v) is 17.7. The molecule has 1 fully saturated rings. The second-order valence-electron chi connectivity index (χ2n) is 7.71. The standard InChI is InChI=1S/C23H21Cl2NO3/c1-23(2)13-18(19(23)12-21(24)25)22(27)29-20(14-26)15-7-6-10-17(11-15)28-16-8-4-3-5-9-16/h3-12,18-20H,13H2,1-2H3. The van der Waals surface area contributed by atoms with E-state index >= 15 is 0 Å². The second-order valence-corrected chi connectivity index (χ2v) is 8.72. The van der Waals surface area contributed by atoms with Crippen LogP contribution in [0, 0.1) is 28.6 Å². The van der Waals surface area contributed by atoms with Gasteiger partial charge in [0.15, 0.2) is 0 Å². The number of allylic oxidation sites excluding steroid dienone is 1. The maximum Gasteiger partial charge on any atom is 0.311 e. The van der Waals surface area contributed by atoms with Gasteiger partial charge in [-0.05, 0) is 48.1 Å². The fraction of sp³-hybridized carbons (Fsp3) is 0.304. The molecular formula is C23H21Cl2NO3. The molecule has 1 aliphatic carbocycles. The van der Waals surface area contributed by atoms with Gasteiger partial charge in [-0.3, -0.25) is 4.79 Å². The maximum atomic E-state index is 12.7. The Labute approximate surface area is 180 Å². The Kier molecular flexibility index (Phi) is 6.52. The van der Waals surface area contributed by atoms with Crippen LogP contribution in [0.25, 0.3) is 0 Å². The van der Waals surface area contributed by atoms with Gasteiger partial charge in [0.25, 0.3) is 0 Å². The fourth-order valence-corrected chi connectivity index (χ4v) is 3.93. The van der Waals surface area contributed by atoms with Crippen molar-refractivity contribution in [2.75, 3.05) is 0 Å². The van der Waals surface area contributed by atoms with E-state index in [9.17, 15) is 10.1 Å². The van der Waals surface area contributed by atoms with Crippen LogP contribution >= 0.6 is 23.2 Å². The van der Waals surface area contributed by atoms with Gasteiger partial charge >= 0.3 is 5.97 Å². The molecule has 0 N–H and O–H groups in total. The predicted molar refractivity (Wildman–Crippen MR) is 113 cm³/mol. The first kappa shape index (κ1) is 21.2. The van der Waals surface area contributed by atoms with E-state index in [1.807, 2.05) is 44.2 Å². The molecule has 0 saturated heterocycles. The van der Waals surface area contributed by atoms with Crippen molar-refractivity contribution >= 4 is 29.2 Å². The van der Waals surface area contributed by atoms with Crippen LogP contribution in [0.5, 0.6) is 11.5 Å². The van der Waals surface area contributed by atoms with Gasteiger partial charge in [0.1, 0.15) is 22.1 Å². The van der Waals surface area contributed by atoms with Crippen LogP contribution in [-0.4, -0.2) is 5.97 Å². The zero-order chi connectivity index (χ0) is 21.0. The molecule has 6 heteroatoms. The normalized spacial score (nSPS) is 20.5. The molecule has 4 nitrogen and oxygen atoms in total. The van der Waals surface area contributed by atoms with Crippen LogP contribution in [0.15, 0.2) is 65.2 Å². The molecule has 0 heterocycles. The number of para-hydroxylation sites is 1. The minimum atomic E-state index is -1.03. The van der Waals surface area contributed by atoms with Gasteiger partial charge < -0.3 is 9.47 Å². The number of hydrogen-bond acceptors (Lipinski definition) is 4. The van der Waals surface area contributed by atoms with Crippen molar-refractivity contribution in [1.82, 2.24) is 0 Å². The van der Waals surface area contributed by atoms with Crippen molar-refractivity contribution in [2.24, 2.45) is 17.3 Å². The number of nitriles is 1. The number of carbonyl (C=O) groups excluding carboxylic acids is 1. The smallest absolute Gasteiger partial charge is 0.311 e. The maximum absolute atomic E-state index is 12.7. The minimum Gasteiger partial charge on any atom is -0.457 e. The molecule has 2 aromatic carbocycles. The summed E-state index contributed by atoms with van der Waals surface area (Å²) in [5.41, 5.74) is 0.444. The third-order valence-electron chi connectivity index (χ3n) is 5.18. The highest BCUT2D eigenvalue weighted by molar-refractivity contribution is 6.55. The van der Waals surface area contributed by atoms with Gasteiger partial charge in [-0.1, -0.05) is 67.4 Å². The molecule has 29 heavy (non-hydrogen) atoms. The quantitative estimate of drug-likeness (QED) is 0.487. The van der Waals surface area contributed by atoms with Gasteiger partial charge in [-0.25, -0.2) is 0 Å². The molecule has 0 bridgehead atoms. The van der Waals surface area contributed by atoms with E-state index in [1.165, 1.54) is 0 Å². The third kappa shape index (κ3) is 5.12. The van der Waals surface area contributed by atoms with Gasteiger partial charge in [0, 0.05) is 5.56 Å². The number of halogens is 2. The van der Waals surface area contributed by atoms with E-state index in [2.05, 4.69) is 6.07 Å². The van der Waals surface area contributed by atoms with Crippen molar-refractivity contribution in [3.63, 3.8) is 0 Å². The number of rotatable bonds is 6. The van der Waals surface area contributed by atoms with Crippen LogP contribution in [0.4, 0.5) is 0 Å². The van der Waals surface area contributed by atoms with E-state index in [0.717, 1.165) is 0 Å². The topological polar surface area (TPSA) is 59.3 Å². The first-order valence-corrected chi connectivity index (χ1v) is 10.0. The predicted octanol–water partition coefficient (Wildman–Crippen LogP) is 6.57. The van der Waals surface area contributed by atoms with Gasteiger partial charge in [-0.15, -0.1) is 0 Å². The molecule has 2 aromatic rings. The summed E-state index contributed by atoms with van der Waals surface area (Å²) in [7, 11) is 0. The number of esters is 1. The highest BCUT2D eigenvalue weighted by Gasteiger charge is 2.51. The molecule has 0 spiro atoms. The van der Waals surface area contributed by atoms with Crippen LogP contribution in [0.2, 0.25) is 0 Å². The lowest BCUT2D eigenvalue weighted by atomic mass is 9.55. The monoisotopic (exact) mass is 429 g/mol. The largest absolute Gasteiger partial charge is 0.457 e. The lowest BCUT2D eigenvalue weighted by Gasteiger charge is -2.48. The Morgan fingerprint density at radius 3 is 2.48 bits per heavy atom. The van der Waals surface area contributed by atoms with Gasteiger partial charge in [0.2, 0.25) is 6.10 Å². The molecule has 1 saturated carbocycles. The minimum absolute atomic E-state index is 0.107. The summed E-state index contributed by atoms with van der Waals surface area (Å²) in [6.07, 6.45) is 1.29. The molecular weight excluding hydrogens is 409 g/mol. The van der Waals surface area contributed by atoms with Crippen LogP contribution in [0.1, 0.15) is 31.9 Å². The van der Waals surface area contributed by atoms with E-state index < -0.39 is 12.1 Å². The molecule has 0 amide bonds. The summed E-state index contributed by atoms with van der Waals surface area (Å²) in [5, 5.41) is 9.57. The van der Waals surface area contributed by atoms with Crippen molar-refractivity contribution in [1.29, 1.82) is 5.26 Å². The van der Waals surface area contributed by atoms with E-state index in [1.54, 1.807) is 30.3 Å². The number of carbonyl (C=O) groups is 1. The molecule has 3 unspecified atom stereocenters. The lowest BCUT2D eigenvalue weighted by Crippen LogP contribution is -2.47. The van der Waals surface area contributed by atoms with Crippen LogP contribution < -0.4 is 4.74 Å². The summed E-state index contributed by atoms with van der Waals surface area (Å²) < 4.78 is 11.5. The van der Waals surface area contributed by atoms with E-state index in [-0.39, 0.29) is 21.7 Å². The van der Waals surface area contributed by atoms with E-state index in [0.29, 0.717) is 23.5 Å². The number of ether oxygens (including phenoxy) is 2. The number of benzene rings is 2. The SMILES string of the molecule is CC1(C)CC(C(=O)OC(C#N)c2cccc(Oc3ccccc3)c2)C1C=C(Cl)Cl.